The molecule has 1 aromatic heterocycles. The van der Waals surface area contributed by atoms with Crippen molar-refractivity contribution in [2.24, 2.45) is 5.92 Å². The van der Waals surface area contributed by atoms with Gasteiger partial charge in [-0.15, -0.1) is 0 Å². The van der Waals surface area contributed by atoms with E-state index >= 15 is 0 Å². The molecule has 0 spiro atoms. The van der Waals surface area contributed by atoms with Gasteiger partial charge in [-0.3, -0.25) is 4.79 Å². The van der Waals surface area contributed by atoms with Crippen molar-refractivity contribution in [1.29, 1.82) is 5.26 Å². The van der Waals surface area contributed by atoms with Crippen LogP contribution in [0.25, 0.3) is 0 Å². The number of carbonyl (C=O) groups is 1. The Morgan fingerprint density at radius 1 is 1.41 bits per heavy atom. The van der Waals surface area contributed by atoms with Crippen LogP contribution in [-0.4, -0.2) is 23.0 Å². The van der Waals surface area contributed by atoms with E-state index in [1.165, 1.54) is 6.20 Å². The highest BCUT2D eigenvalue weighted by molar-refractivity contribution is 5.76. The van der Waals surface area contributed by atoms with E-state index in [-0.39, 0.29) is 18.1 Å². The molecule has 118 valence electrons. The number of pyridine rings is 1. The van der Waals surface area contributed by atoms with Crippen LogP contribution in [-0.2, 0) is 4.79 Å². The molecular formula is C17H23N3O2. The molecule has 5 nitrogen and oxygen atoms in total. The fraction of sp³-hybridized carbons (Fsp3) is 0.588. The second kappa shape index (κ2) is 7.79. The summed E-state index contributed by atoms with van der Waals surface area (Å²) < 4.78 is 5.84. The van der Waals surface area contributed by atoms with E-state index in [9.17, 15) is 4.79 Å². The van der Waals surface area contributed by atoms with Gasteiger partial charge in [-0.05, 0) is 37.7 Å². The fourth-order valence-electron chi connectivity index (χ4n) is 2.67. The molecule has 1 aromatic rings. The van der Waals surface area contributed by atoms with Gasteiger partial charge in [-0.25, -0.2) is 4.98 Å². The predicted molar refractivity (Wildman–Crippen MR) is 83.2 cm³/mol. The highest BCUT2D eigenvalue weighted by Crippen LogP contribution is 2.23. The van der Waals surface area contributed by atoms with E-state index in [4.69, 9.17) is 10.00 Å². The molecule has 22 heavy (non-hydrogen) atoms. The molecule has 1 saturated carbocycles. The topological polar surface area (TPSA) is 75.0 Å². The lowest BCUT2D eigenvalue weighted by molar-refractivity contribution is -0.122. The first-order valence-electron chi connectivity index (χ1n) is 7.89. The van der Waals surface area contributed by atoms with E-state index in [0.29, 0.717) is 23.8 Å². The summed E-state index contributed by atoms with van der Waals surface area (Å²) in [5.41, 5.74) is 0.531. The first-order valence-corrected chi connectivity index (χ1v) is 7.89. The average Bonchev–Trinajstić information content (AvgIpc) is 2.49. The maximum atomic E-state index is 11.8. The molecular weight excluding hydrogens is 278 g/mol. The van der Waals surface area contributed by atoms with Crippen LogP contribution in [0.5, 0.6) is 5.88 Å². The first-order chi connectivity index (χ1) is 10.6. The highest BCUT2D eigenvalue weighted by atomic mass is 16.5. The summed E-state index contributed by atoms with van der Waals surface area (Å²) in [7, 11) is 0. The van der Waals surface area contributed by atoms with Crippen molar-refractivity contribution in [3.63, 3.8) is 0 Å². The predicted octanol–water partition coefficient (Wildman–Crippen LogP) is 2.81. The Bertz CT molecular complexity index is 526. The Kier molecular flexibility index (Phi) is 5.76. The van der Waals surface area contributed by atoms with Crippen molar-refractivity contribution in [2.75, 3.05) is 0 Å². The summed E-state index contributed by atoms with van der Waals surface area (Å²) in [5.74, 6) is 1.10. The molecule has 0 atom stereocenters. The number of nitrogens with zero attached hydrogens (tertiary/aromatic N) is 2. The molecule has 0 bridgehead atoms. The second-order valence-electron chi connectivity index (χ2n) is 6.25. The van der Waals surface area contributed by atoms with Crippen molar-refractivity contribution >= 4 is 5.91 Å². The lowest BCUT2D eigenvalue weighted by Crippen LogP contribution is -2.40. The summed E-state index contributed by atoms with van der Waals surface area (Å²) in [6.07, 6.45) is 5.94. The number of nitriles is 1. The van der Waals surface area contributed by atoms with Crippen molar-refractivity contribution in [2.45, 2.75) is 58.1 Å². The molecule has 0 saturated heterocycles. The number of rotatable bonds is 5. The zero-order valence-electron chi connectivity index (χ0n) is 13.2. The first kappa shape index (κ1) is 16.3. The van der Waals surface area contributed by atoms with Gasteiger partial charge in [0.2, 0.25) is 11.8 Å². The molecule has 1 amide bonds. The molecule has 1 aliphatic carbocycles. The SMILES string of the molecule is CC(C)CC(=O)NC1CCC(Oc2ccc(C#N)cn2)CC1. The minimum absolute atomic E-state index is 0.138. The van der Waals surface area contributed by atoms with Crippen LogP contribution in [0.3, 0.4) is 0 Å². The van der Waals surface area contributed by atoms with Crippen LogP contribution in [0, 0.1) is 17.2 Å². The molecule has 0 unspecified atom stereocenters. The monoisotopic (exact) mass is 301 g/mol. The Morgan fingerprint density at radius 3 is 2.68 bits per heavy atom. The van der Waals surface area contributed by atoms with Gasteiger partial charge in [0, 0.05) is 24.7 Å². The number of amides is 1. The molecule has 0 aromatic carbocycles. The van der Waals surface area contributed by atoms with Gasteiger partial charge < -0.3 is 10.1 Å². The number of ether oxygens (including phenoxy) is 1. The van der Waals surface area contributed by atoms with Crippen LogP contribution in [0.4, 0.5) is 0 Å². The zero-order valence-corrected chi connectivity index (χ0v) is 13.2. The molecule has 1 heterocycles. The highest BCUT2D eigenvalue weighted by Gasteiger charge is 2.24. The molecule has 5 heteroatoms. The number of nitrogens with one attached hydrogen (secondary N) is 1. The lowest BCUT2D eigenvalue weighted by atomic mass is 9.92. The van der Waals surface area contributed by atoms with Crippen LogP contribution in [0.1, 0.15) is 51.5 Å². The minimum atomic E-state index is 0.138. The van der Waals surface area contributed by atoms with Crippen molar-refractivity contribution < 1.29 is 9.53 Å². The third-order valence-corrected chi connectivity index (χ3v) is 3.79. The van der Waals surface area contributed by atoms with Crippen molar-refractivity contribution in [3.05, 3.63) is 23.9 Å². The summed E-state index contributed by atoms with van der Waals surface area (Å²) in [5, 5.41) is 11.8. The van der Waals surface area contributed by atoms with Gasteiger partial charge in [-0.1, -0.05) is 13.8 Å². The van der Waals surface area contributed by atoms with Gasteiger partial charge in [0.05, 0.1) is 5.56 Å². The molecule has 0 aliphatic heterocycles. The van der Waals surface area contributed by atoms with Gasteiger partial charge in [0.15, 0.2) is 0 Å². The number of carbonyl (C=O) groups excluding carboxylic acids is 1. The standard InChI is InChI=1S/C17H23N3O2/c1-12(2)9-16(21)20-14-4-6-15(7-5-14)22-17-8-3-13(10-18)11-19-17/h3,8,11-12,14-15H,4-7,9H2,1-2H3,(H,20,21). The van der Waals surface area contributed by atoms with Crippen LogP contribution < -0.4 is 10.1 Å². The minimum Gasteiger partial charge on any atom is -0.474 e. The second-order valence-corrected chi connectivity index (χ2v) is 6.25. The average molecular weight is 301 g/mol. The Hall–Kier alpha value is -2.09. The Balaban J connectivity index is 1.75. The van der Waals surface area contributed by atoms with Gasteiger partial charge in [0.25, 0.3) is 0 Å². The molecule has 2 rings (SSSR count). The van der Waals surface area contributed by atoms with Gasteiger partial charge in [0.1, 0.15) is 12.2 Å². The van der Waals surface area contributed by atoms with Crippen molar-refractivity contribution in [1.82, 2.24) is 10.3 Å². The van der Waals surface area contributed by atoms with Gasteiger partial charge >= 0.3 is 0 Å². The maximum absolute atomic E-state index is 11.8. The Labute approximate surface area is 131 Å². The van der Waals surface area contributed by atoms with Gasteiger partial charge in [-0.2, -0.15) is 5.26 Å². The maximum Gasteiger partial charge on any atom is 0.220 e. The van der Waals surface area contributed by atoms with Crippen LogP contribution in [0.15, 0.2) is 18.3 Å². The number of hydrogen-bond donors (Lipinski definition) is 1. The van der Waals surface area contributed by atoms with Crippen molar-refractivity contribution in [3.8, 4) is 11.9 Å². The van der Waals surface area contributed by atoms with E-state index in [1.807, 2.05) is 6.07 Å². The number of hydrogen-bond acceptors (Lipinski definition) is 4. The zero-order chi connectivity index (χ0) is 15.9. The molecule has 1 aliphatic rings. The third kappa shape index (κ3) is 5.03. The van der Waals surface area contributed by atoms with E-state index in [0.717, 1.165) is 25.7 Å². The Morgan fingerprint density at radius 2 is 2.14 bits per heavy atom. The van der Waals surface area contributed by atoms with E-state index < -0.39 is 0 Å². The largest absolute Gasteiger partial charge is 0.474 e. The molecule has 1 fully saturated rings. The summed E-state index contributed by atoms with van der Waals surface area (Å²) in [6, 6.07) is 5.74. The molecule has 0 radical (unpaired) electrons. The van der Waals surface area contributed by atoms with E-state index in [1.54, 1.807) is 12.1 Å². The summed E-state index contributed by atoms with van der Waals surface area (Å²) in [4.78, 5) is 15.9. The van der Waals surface area contributed by atoms with Crippen LogP contribution in [0.2, 0.25) is 0 Å². The smallest absolute Gasteiger partial charge is 0.220 e. The third-order valence-electron chi connectivity index (χ3n) is 3.79. The lowest BCUT2D eigenvalue weighted by Gasteiger charge is -2.29. The van der Waals surface area contributed by atoms with E-state index in [2.05, 4.69) is 24.1 Å². The normalized spacial score (nSPS) is 21.2. The summed E-state index contributed by atoms with van der Waals surface area (Å²) >= 11 is 0. The summed E-state index contributed by atoms with van der Waals surface area (Å²) in [6.45, 7) is 4.10. The molecule has 1 N–H and O–H groups in total. The number of aromatic nitrogens is 1. The quantitative estimate of drug-likeness (QED) is 0.907. The fourth-order valence-corrected chi connectivity index (χ4v) is 2.67. The van der Waals surface area contributed by atoms with Crippen LogP contribution >= 0.6 is 0 Å².